The summed E-state index contributed by atoms with van der Waals surface area (Å²) in [7, 11) is 0. The average Bonchev–Trinajstić information content (AvgIpc) is 2.61. The van der Waals surface area contributed by atoms with Gasteiger partial charge in [-0.15, -0.1) is 0 Å². The molecule has 1 rings (SSSR count). The summed E-state index contributed by atoms with van der Waals surface area (Å²) in [4.78, 5) is 0. The van der Waals surface area contributed by atoms with Gasteiger partial charge in [-0.1, -0.05) is 13.8 Å². The number of furan rings is 1. The predicted molar refractivity (Wildman–Crippen MR) is 67.6 cm³/mol. The average molecular weight is 248 g/mol. The minimum absolute atomic E-state index is 0.478. The van der Waals surface area contributed by atoms with Crippen molar-refractivity contribution in [1.29, 1.82) is 0 Å². The van der Waals surface area contributed by atoms with Crippen LogP contribution in [0.4, 0.5) is 0 Å². The molecule has 0 spiro atoms. The summed E-state index contributed by atoms with van der Waals surface area (Å²) in [6, 6.07) is 3.73. The van der Waals surface area contributed by atoms with Crippen molar-refractivity contribution in [2.24, 2.45) is 5.92 Å². The predicted octanol–water partition coefficient (Wildman–Crippen LogP) is 3.41. The molecular formula is C11H18ClNOS. The molecule has 1 aromatic heterocycles. The Hall–Kier alpha value is -0.120. The lowest BCUT2D eigenvalue weighted by Gasteiger charge is -2.10. The number of hydrogen-bond donors (Lipinski definition) is 1. The first-order valence-electron chi connectivity index (χ1n) is 5.25. The molecule has 1 heterocycles. The second kappa shape index (κ2) is 7.20. The molecule has 0 bridgehead atoms. The Bertz CT molecular complexity index is 277. The van der Waals surface area contributed by atoms with Gasteiger partial charge in [0.25, 0.3) is 0 Å². The Morgan fingerprint density at radius 2 is 2.33 bits per heavy atom. The number of hydrogen-bond acceptors (Lipinski definition) is 3. The highest BCUT2D eigenvalue weighted by atomic mass is 35.5. The second-order valence-corrected chi connectivity index (χ2v) is 5.04. The molecule has 2 nitrogen and oxygen atoms in total. The summed E-state index contributed by atoms with van der Waals surface area (Å²) in [5.41, 5.74) is 0. The van der Waals surface area contributed by atoms with Gasteiger partial charge in [0.05, 0.1) is 5.75 Å². The van der Waals surface area contributed by atoms with Crippen LogP contribution >= 0.6 is 23.4 Å². The van der Waals surface area contributed by atoms with Gasteiger partial charge >= 0.3 is 0 Å². The molecule has 0 fully saturated rings. The van der Waals surface area contributed by atoms with Crippen LogP contribution in [0, 0.1) is 5.92 Å². The number of halogens is 1. The fourth-order valence-electron chi connectivity index (χ4n) is 1.24. The molecule has 0 saturated carbocycles. The number of rotatable bonds is 7. The number of nitrogens with one attached hydrogen (secondary N) is 1. The summed E-state index contributed by atoms with van der Waals surface area (Å²) in [5.74, 6) is 3.70. The molecule has 0 aliphatic carbocycles. The van der Waals surface area contributed by atoms with E-state index in [-0.39, 0.29) is 0 Å². The van der Waals surface area contributed by atoms with Crippen LogP contribution in [0.15, 0.2) is 16.5 Å². The van der Waals surface area contributed by atoms with Gasteiger partial charge in [0.15, 0.2) is 5.22 Å². The van der Waals surface area contributed by atoms with Crippen molar-refractivity contribution in [3.8, 4) is 0 Å². The summed E-state index contributed by atoms with van der Waals surface area (Å²) in [6.45, 7) is 6.51. The molecule has 0 aromatic carbocycles. The highest BCUT2D eigenvalue weighted by Gasteiger charge is 2.03. The Labute approximate surface area is 101 Å². The van der Waals surface area contributed by atoms with Gasteiger partial charge in [-0.3, -0.25) is 0 Å². The lowest BCUT2D eigenvalue weighted by molar-refractivity contribution is 0.531. The summed E-state index contributed by atoms with van der Waals surface area (Å²) in [5, 5.41) is 3.82. The maximum Gasteiger partial charge on any atom is 0.193 e. The monoisotopic (exact) mass is 247 g/mol. The van der Waals surface area contributed by atoms with Crippen molar-refractivity contribution < 1.29 is 4.42 Å². The minimum atomic E-state index is 0.478. The smallest absolute Gasteiger partial charge is 0.193 e. The largest absolute Gasteiger partial charge is 0.449 e. The summed E-state index contributed by atoms with van der Waals surface area (Å²) in [6.07, 6.45) is 0. The van der Waals surface area contributed by atoms with Gasteiger partial charge in [-0.05, 0) is 48.5 Å². The van der Waals surface area contributed by atoms with Crippen LogP contribution in [-0.2, 0) is 5.75 Å². The van der Waals surface area contributed by atoms with Gasteiger partial charge in [-0.2, -0.15) is 11.8 Å². The molecule has 0 aliphatic rings. The fourth-order valence-corrected chi connectivity index (χ4v) is 2.40. The van der Waals surface area contributed by atoms with E-state index in [0.717, 1.165) is 30.4 Å². The quantitative estimate of drug-likeness (QED) is 0.800. The highest BCUT2D eigenvalue weighted by Crippen LogP contribution is 2.19. The zero-order valence-electron chi connectivity index (χ0n) is 9.25. The molecule has 0 saturated heterocycles. The van der Waals surface area contributed by atoms with Crippen molar-refractivity contribution in [2.75, 3.05) is 18.8 Å². The van der Waals surface area contributed by atoms with Crippen LogP contribution in [-0.4, -0.2) is 18.8 Å². The second-order valence-electron chi connectivity index (χ2n) is 3.63. The molecule has 1 aromatic rings. The Morgan fingerprint density at radius 3 is 2.93 bits per heavy atom. The van der Waals surface area contributed by atoms with Crippen LogP contribution in [0.3, 0.4) is 0 Å². The first kappa shape index (κ1) is 12.9. The van der Waals surface area contributed by atoms with Crippen LogP contribution in [0.1, 0.15) is 19.6 Å². The first-order valence-corrected chi connectivity index (χ1v) is 6.78. The fraction of sp³-hybridized carbons (Fsp3) is 0.636. The normalized spacial score (nSPS) is 13.0. The summed E-state index contributed by atoms with van der Waals surface area (Å²) < 4.78 is 5.28. The lowest BCUT2D eigenvalue weighted by atomic mass is 10.2. The maximum absolute atomic E-state index is 5.68. The van der Waals surface area contributed by atoms with Crippen molar-refractivity contribution >= 4 is 23.4 Å². The third-order valence-corrected chi connectivity index (χ3v) is 3.51. The van der Waals surface area contributed by atoms with Crippen LogP contribution in [0.25, 0.3) is 0 Å². The van der Waals surface area contributed by atoms with Crippen LogP contribution in [0.2, 0.25) is 5.22 Å². The van der Waals surface area contributed by atoms with E-state index in [4.69, 9.17) is 16.0 Å². The van der Waals surface area contributed by atoms with E-state index in [0.29, 0.717) is 11.1 Å². The topological polar surface area (TPSA) is 25.2 Å². The first-order chi connectivity index (χ1) is 7.22. The molecule has 0 radical (unpaired) electrons. The molecule has 4 heteroatoms. The third-order valence-electron chi connectivity index (χ3n) is 2.02. The lowest BCUT2D eigenvalue weighted by Crippen LogP contribution is -2.21. The van der Waals surface area contributed by atoms with Gasteiger partial charge < -0.3 is 9.73 Å². The molecule has 0 aliphatic heterocycles. The molecule has 1 N–H and O–H groups in total. The zero-order valence-corrected chi connectivity index (χ0v) is 10.8. The van der Waals surface area contributed by atoms with E-state index in [9.17, 15) is 0 Å². The minimum Gasteiger partial charge on any atom is -0.449 e. The van der Waals surface area contributed by atoms with Crippen LogP contribution < -0.4 is 5.32 Å². The van der Waals surface area contributed by atoms with E-state index in [1.54, 1.807) is 6.07 Å². The standard InChI is InChI=1S/C11H18ClNOS/c1-3-13-6-9(2)7-15-8-10-4-5-11(12)14-10/h4-5,9,13H,3,6-8H2,1-2H3. The molecule has 15 heavy (non-hydrogen) atoms. The van der Waals surface area contributed by atoms with Crippen molar-refractivity contribution in [1.82, 2.24) is 5.32 Å². The Balaban J connectivity index is 2.10. The van der Waals surface area contributed by atoms with Crippen molar-refractivity contribution in [3.63, 3.8) is 0 Å². The Kier molecular flexibility index (Phi) is 6.22. The van der Waals surface area contributed by atoms with Crippen molar-refractivity contribution in [3.05, 3.63) is 23.1 Å². The van der Waals surface area contributed by atoms with E-state index in [1.165, 1.54) is 0 Å². The zero-order chi connectivity index (χ0) is 11.1. The van der Waals surface area contributed by atoms with E-state index >= 15 is 0 Å². The molecule has 86 valence electrons. The van der Waals surface area contributed by atoms with Gasteiger partial charge in [-0.25, -0.2) is 0 Å². The molecule has 0 amide bonds. The van der Waals surface area contributed by atoms with E-state index < -0.39 is 0 Å². The SMILES string of the molecule is CCNCC(C)CSCc1ccc(Cl)o1. The summed E-state index contributed by atoms with van der Waals surface area (Å²) >= 11 is 7.57. The van der Waals surface area contributed by atoms with Gasteiger partial charge in [0.1, 0.15) is 5.76 Å². The number of thioether (sulfide) groups is 1. The third kappa shape index (κ3) is 5.50. The highest BCUT2D eigenvalue weighted by molar-refractivity contribution is 7.98. The maximum atomic E-state index is 5.68. The van der Waals surface area contributed by atoms with Crippen molar-refractivity contribution in [2.45, 2.75) is 19.6 Å². The van der Waals surface area contributed by atoms with E-state index in [1.807, 2.05) is 17.8 Å². The molecule has 1 atom stereocenters. The van der Waals surface area contributed by atoms with Gasteiger partial charge in [0, 0.05) is 0 Å². The Morgan fingerprint density at radius 1 is 1.53 bits per heavy atom. The van der Waals surface area contributed by atoms with E-state index in [2.05, 4.69) is 19.2 Å². The van der Waals surface area contributed by atoms with Gasteiger partial charge in [0.2, 0.25) is 0 Å². The molecule has 1 unspecified atom stereocenters. The van der Waals surface area contributed by atoms with Crippen LogP contribution in [0.5, 0.6) is 0 Å². The molecular weight excluding hydrogens is 230 g/mol.